The molecule has 1 unspecified atom stereocenters. The Kier molecular flexibility index (Phi) is 3.97. The van der Waals surface area contributed by atoms with E-state index < -0.39 is 5.82 Å². The number of nitriles is 1. The molecule has 1 atom stereocenters. The van der Waals surface area contributed by atoms with Gasteiger partial charge in [0.15, 0.2) is 0 Å². The molecule has 1 rings (SSSR count). The summed E-state index contributed by atoms with van der Waals surface area (Å²) in [5.41, 5.74) is 0.424. The summed E-state index contributed by atoms with van der Waals surface area (Å²) in [6, 6.07) is 5.09. The van der Waals surface area contributed by atoms with Gasteiger partial charge in [0.1, 0.15) is 11.9 Å². The normalized spacial score (nSPS) is 11.6. The van der Waals surface area contributed by atoms with Crippen LogP contribution >= 0.6 is 0 Å². The molecule has 0 aliphatic heterocycles. The van der Waals surface area contributed by atoms with Crippen molar-refractivity contribution in [2.75, 3.05) is 12.4 Å². The summed E-state index contributed by atoms with van der Waals surface area (Å²) in [7, 11) is 1.65. The molecule has 1 amide bonds. The maximum atomic E-state index is 12.8. The first kappa shape index (κ1) is 12.1. The van der Waals surface area contributed by atoms with Crippen molar-refractivity contribution in [3.63, 3.8) is 0 Å². The van der Waals surface area contributed by atoms with Crippen molar-refractivity contribution in [2.24, 2.45) is 0 Å². The van der Waals surface area contributed by atoms with E-state index in [1.807, 2.05) is 6.07 Å². The van der Waals surface area contributed by atoms with Gasteiger partial charge in [-0.1, -0.05) is 0 Å². The van der Waals surface area contributed by atoms with Crippen LogP contribution in [0, 0.1) is 17.1 Å². The first-order valence-corrected chi connectivity index (χ1v) is 4.76. The Bertz CT molecular complexity index is 439. The van der Waals surface area contributed by atoms with Crippen LogP contribution in [0.2, 0.25) is 0 Å². The predicted molar refractivity (Wildman–Crippen MR) is 58.3 cm³/mol. The molecule has 84 valence electrons. The Hall–Kier alpha value is -1.93. The molecule has 1 aromatic rings. The molecule has 16 heavy (non-hydrogen) atoms. The van der Waals surface area contributed by atoms with Crippen molar-refractivity contribution in [1.82, 2.24) is 5.32 Å². The summed E-state index contributed by atoms with van der Waals surface area (Å²) in [4.78, 5) is 11.5. The van der Waals surface area contributed by atoms with Gasteiger partial charge in [-0.2, -0.15) is 5.26 Å². The standard InChI is InChI=1S/C11H12FN3O/c1-7(14-2)11(16)15-10-4-3-9(12)5-8(10)6-13/h3-5,7,14H,1-2H3,(H,15,16). The molecular weight excluding hydrogens is 209 g/mol. The van der Waals surface area contributed by atoms with Gasteiger partial charge in [0, 0.05) is 0 Å². The molecule has 0 heterocycles. The largest absolute Gasteiger partial charge is 0.324 e. The monoisotopic (exact) mass is 221 g/mol. The number of carbonyl (C=O) groups is 1. The molecule has 0 bridgehead atoms. The number of hydrogen-bond acceptors (Lipinski definition) is 3. The van der Waals surface area contributed by atoms with Gasteiger partial charge in [-0.25, -0.2) is 4.39 Å². The molecule has 5 heteroatoms. The summed E-state index contributed by atoms with van der Waals surface area (Å²) in [5, 5.41) is 14.1. The lowest BCUT2D eigenvalue weighted by Crippen LogP contribution is -2.35. The van der Waals surface area contributed by atoms with Crippen LogP contribution in [0.15, 0.2) is 18.2 Å². The number of rotatable bonds is 3. The molecule has 4 nitrogen and oxygen atoms in total. The average Bonchev–Trinajstić information content (AvgIpc) is 2.30. The fraction of sp³-hybridized carbons (Fsp3) is 0.273. The van der Waals surface area contributed by atoms with E-state index in [2.05, 4.69) is 10.6 Å². The Morgan fingerprint density at radius 3 is 2.81 bits per heavy atom. The minimum absolute atomic E-state index is 0.108. The third kappa shape index (κ3) is 2.78. The SMILES string of the molecule is CNC(C)C(=O)Nc1ccc(F)cc1C#N. The minimum Gasteiger partial charge on any atom is -0.324 e. The number of hydrogen-bond donors (Lipinski definition) is 2. The van der Waals surface area contributed by atoms with Gasteiger partial charge >= 0.3 is 0 Å². The van der Waals surface area contributed by atoms with Crippen molar-refractivity contribution in [3.05, 3.63) is 29.6 Å². The molecule has 0 spiro atoms. The Labute approximate surface area is 93.1 Å². The summed E-state index contributed by atoms with van der Waals surface area (Å²) in [6.07, 6.45) is 0. The zero-order valence-electron chi connectivity index (χ0n) is 9.04. The molecule has 0 aromatic heterocycles. The number of nitrogens with zero attached hydrogens (tertiary/aromatic N) is 1. The highest BCUT2D eigenvalue weighted by atomic mass is 19.1. The smallest absolute Gasteiger partial charge is 0.241 e. The molecule has 0 fully saturated rings. The Morgan fingerprint density at radius 2 is 2.25 bits per heavy atom. The third-order valence-electron chi connectivity index (χ3n) is 2.19. The second-order valence-corrected chi connectivity index (χ2v) is 3.30. The van der Waals surface area contributed by atoms with Gasteiger partial charge in [0.25, 0.3) is 0 Å². The molecule has 0 aliphatic rings. The van der Waals surface area contributed by atoms with Crippen molar-refractivity contribution < 1.29 is 9.18 Å². The van der Waals surface area contributed by atoms with Crippen LogP contribution in [-0.4, -0.2) is 19.0 Å². The fourth-order valence-corrected chi connectivity index (χ4v) is 1.09. The molecule has 2 N–H and O–H groups in total. The van der Waals surface area contributed by atoms with E-state index in [-0.39, 0.29) is 17.5 Å². The highest BCUT2D eigenvalue weighted by molar-refractivity contribution is 5.95. The van der Waals surface area contributed by atoms with Crippen LogP contribution < -0.4 is 10.6 Å². The zero-order valence-corrected chi connectivity index (χ0v) is 9.04. The fourth-order valence-electron chi connectivity index (χ4n) is 1.09. The van der Waals surface area contributed by atoms with E-state index in [9.17, 15) is 9.18 Å². The number of benzene rings is 1. The maximum Gasteiger partial charge on any atom is 0.241 e. The first-order chi connectivity index (χ1) is 7.58. The summed E-state index contributed by atoms with van der Waals surface area (Å²) in [6.45, 7) is 1.69. The third-order valence-corrected chi connectivity index (χ3v) is 2.19. The molecule has 1 aromatic carbocycles. The van der Waals surface area contributed by atoms with E-state index in [0.717, 1.165) is 6.07 Å². The topological polar surface area (TPSA) is 64.9 Å². The van der Waals surface area contributed by atoms with Crippen molar-refractivity contribution in [3.8, 4) is 6.07 Å². The zero-order chi connectivity index (χ0) is 12.1. The number of amides is 1. The minimum atomic E-state index is -0.504. The molecule has 0 radical (unpaired) electrons. The maximum absolute atomic E-state index is 12.8. The average molecular weight is 221 g/mol. The van der Waals surface area contributed by atoms with Gasteiger partial charge in [0.2, 0.25) is 5.91 Å². The van der Waals surface area contributed by atoms with Gasteiger partial charge in [-0.15, -0.1) is 0 Å². The highest BCUT2D eigenvalue weighted by Gasteiger charge is 2.12. The Morgan fingerprint density at radius 1 is 1.56 bits per heavy atom. The number of likely N-dealkylation sites (N-methyl/N-ethyl adjacent to an activating group) is 1. The first-order valence-electron chi connectivity index (χ1n) is 4.76. The summed E-state index contributed by atoms with van der Waals surface area (Å²) >= 11 is 0. The second kappa shape index (κ2) is 5.24. The van der Waals surface area contributed by atoms with E-state index in [1.54, 1.807) is 14.0 Å². The highest BCUT2D eigenvalue weighted by Crippen LogP contribution is 2.16. The quantitative estimate of drug-likeness (QED) is 0.807. The van der Waals surface area contributed by atoms with Crippen LogP contribution in [-0.2, 0) is 4.79 Å². The van der Waals surface area contributed by atoms with E-state index in [1.165, 1.54) is 12.1 Å². The lowest BCUT2D eigenvalue weighted by molar-refractivity contribution is -0.117. The lowest BCUT2D eigenvalue weighted by atomic mass is 10.2. The predicted octanol–water partition coefficient (Wildman–Crippen LogP) is 1.24. The van der Waals surface area contributed by atoms with Crippen LogP contribution in [0.4, 0.5) is 10.1 Å². The van der Waals surface area contributed by atoms with Gasteiger partial charge < -0.3 is 10.6 Å². The molecule has 0 saturated carbocycles. The number of carbonyl (C=O) groups excluding carboxylic acids is 1. The number of halogens is 1. The number of anilines is 1. The van der Waals surface area contributed by atoms with E-state index >= 15 is 0 Å². The van der Waals surface area contributed by atoms with E-state index in [0.29, 0.717) is 5.69 Å². The second-order valence-electron chi connectivity index (χ2n) is 3.30. The van der Waals surface area contributed by atoms with Gasteiger partial charge in [-0.3, -0.25) is 4.79 Å². The summed E-state index contributed by atoms with van der Waals surface area (Å²) in [5.74, 6) is -0.776. The number of nitrogens with one attached hydrogen (secondary N) is 2. The molecular formula is C11H12FN3O. The van der Waals surface area contributed by atoms with Crippen LogP contribution in [0.25, 0.3) is 0 Å². The van der Waals surface area contributed by atoms with E-state index in [4.69, 9.17) is 5.26 Å². The van der Waals surface area contributed by atoms with Gasteiger partial charge in [0.05, 0.1) is 17.3 Å². The molecule has 0 aliphatic carbocycles. The van der Waals surface area contributed by atoms with Gasteiger partial charge in [-0.05, 0) is 32.2 Å². The van der Waals surface area contributed by atoms with Crippen molar-refractivity contribution in [1.29, 1.82) is 5.26 Å². The molecule has 0 saturated heterocycles. The summed E-state index contributed by atoms with van der Waals surface area (Å²) < 4.78 is 12.8. The van der Waals surface area contributed by atoms with Crippen molar-refractivity contribution >= 4 is 11.6 Å². The van der Waals surface area contributed by atoms with Crippen LogP contribution in [0.5, 0.6) is 0 Å². The van der Waals surface area contributed by atoms with Crippen LogP contribution in [0.1, 0.15) is 12.5 Å². The lowest BCUT2D eigenvalue weighted by Gasteiger charge is -2.11. The van der Waals surface area contributed by atoms with Crippen LogP contribution in [0.3, 0.4) is 0 Å². The van der Waals surface area contributed by atoms with Crippen molar-refractivity contribution in [2.45, 2.75) is 13.0 Å². The Balaban J connectivity index is 2.90.